The van der Waals surface area contributed by atoms with Crippen LogP contribution in [0, 0.1) is 0 Å². The van der Waals surface area contributed by atoms with Gasteiger partial charge in [-0.1, -0.05) is 60.7 Å². The van der Waals surface area contributed by atoms with E-state index < -0.39 is 12.3 Å². The molecule has 2 aromatic rings. The third-order valence-electron chi connectivity index (χ3n) is 2.88. The molecule has 2 aromatic carbocycles. The van der Waals surface area contributed by atoms with Crippen LogP contribution in [0.3, 0.4) is 0 Å². The minimum absolute atomic E-state index is 0.303. The van der Waals surface area contributed by atoms with Crippen LogP contribution in [-0.4, -0.2) is 22.7 Å². The molecule has 0 saturated heterocycles. The molecule has 21 heavy (non-hydrogen) atoms. The zero-order valence-electron chi connectivity index (χ0n) is 11.9. The SMILES string of the molecule is O=C(O[SiH3])C(OCc1ccccc1)OCc1ccccc1. The summed E-state index contributed by atoms with van der Waals surface area (Å²) in [5.41, 5.74) is 1.96. The van der Waals surface area contributed by atoms with Crippen molar-refractivity contribution >= 4 is 16.5 Å². The molecule has 0 unspecified atom stereocenters. The van der Waals surface area contributed by atoms with E-state index >= 15 is 0 Å². The molecule has 110 valence electrons. The van der Waals surface area contributed by atoms with Gasteiger partial charge in [-0.3, -0.25) is 0 Å². The fourth-order valence-corrected chi connectivity index (χ4v) is 1.97. The van der Waals surface area contributed by atoms with Gasteiger partial charge in [-0.15, -0.1) is 0 Å². The van der Waals surface area contributed by atoms with Crippen molar-refractivity contribution in [1.82, 2.24) is 0 Å². The van der Waals surface area contributed by atoms with Crippen LogP contribution in [0.5, 0.6) is 0 Å². The highest BCUT2D eigenvalue weighted by molar-refractivity contribution is 6.05. The average molecular weight is 302 g/mol. The molecule has 2 rings (SSSR count). The molecular formula is C16H18O4Si. The molecule has 0 heterocycles. The lowest BCUT2D eigenvalue weighted by atomic mass is 10.2. The molecule has 0 aliphatic carbocycles. The number of carbonyl (C=O) groups is 1. The Hall–Kier alpha value is -1.95. The number of hydrogen-bond donors (Lipinski definition) is 0. The van der Waals surface area contributed by atoms with Gasteiger partial charge in [0, 0.05) is 0 Å². The van der Waals surface area contributed by atoms with Crippen molar-refractivity contribution < 1.29 is 18.7 Å². The van der Waals surface area contributed by atoms with Gasteiger partial charge in [-0.25, -0.2) is 4.79 Å². The Bertz CT molecular complexity index is 501. The molecule has 0 spiro atoms. The van der Waals surface area contributed by atoms with Crippen LogP contribution in [0.1, 0.15) is 11.1 Å². The molecule has 0 aliphatic rings. The fraction of sp³-hybridized carbons (Fsp3) is 0.188. The van der Waals surface area contributed by atoms with E-state index in [1.165, 1.54) is 0 Å². The highest BCUT2D eigenvalue weighted by Gasteiger charge is 2.20. The first-order valence-electron chi connectivity index (χ1n) is 6.68. The Morgan fingerprint density at radius 3 is 1.67 bits per heavy atom. The first kappa shape index (κ1) is 15.4. The van der Waals surface area contributed by atoms with E-state index in [-0.39, 0.29) is 0 Å². The highest BCUT2D eigenvalue weighted by Crippen LogP contribution is 2.09. The third-order valence-corrected chi connectivity index (χ3v) is 3.28. The summed E-state index contributed by atoms with van der Waals surface area (Å²) in [6, 6.07) is 19.3. The molecule has 0 saturated carbocycles. The number of rotatable bonds is 7. The molecule has 0 aromatic heterocycles. The average Bonchev–Trinajstić information content (AvgIpc) is 2.56. The van der Waals surface area contributed by atoms with Crippen molar-refractivity contribution in [3.8, 4) is 0 Å². The maximum Gasteiger partial charge on any atom is 0.349 e. The summed E-state index contributed by atoms with van der Waals surface area (Å²) in [6.07, 6.45) is -0.997. The van der Waals surface area contributed by atoms with E-state index in [1.807, 2.05) is 60.7 Å². The number of ether oxygens (including phenoxy) is 2. The summed E-state index contributed by atoms with van der Waals surface area (Å²) in [6.45, 7) is 0.605. The highest BCUT2D eigenvalue weighted by atomic mass is 28.2. The van der Waals surface area contributed by atoms with Gasteiger partial charge in [-0.05, 0) is 11.1 Å². The Kier molecular flexibility index (Phi) is 6.14. The molecule has 0 amide bonds. The minimum atomic E-state index is -0.997. The van der Waals surface area contributed by atoms with Crippen LogP contribution < -0.4 is 0 Å². The van der Waals surface area contributed by atoms with Crippen molar-refractivity contribution in [2.75, 3.05) is 0 Å². The minimum Gasteiger partial charge on any atom is -0.525 e. The van der Waals surface area contributed by atoms with E-state index in [1.54, 1.807) is 0 Å². The Labute approximate surface area is 127 Å². The van der Waals surface area contributed by atoms with Gasteiger partial charge < -0.3 is 13.9 Å². The van der Waals surface area contributed by atoms with Gasteiger partial charge in [0.1, 0.15) is 0 Å². The lowest BCUT2D eigenvalue weighted by Crippen LogP contribution is -2.28. The summed E-state index contributed by atoms with van der Waals surface area (Å²) in [5, 5.41) is 0. The van der Waals surface area contributed by atoms with Crippen LogP contribution in [0.2, 0.25) is 0 Å². The molecule has 5 heteroatoms. The lowest BCUT2D eigenvalue weighted by Gasteiger charge is -2.16. The second-order valence-corrected chi connectivity index (χ2v) is 4.86. The molecule has 0 radical (unpaired) electrons. The van der Waals surface area contributed by atoms with E-state index in [0.29, 0.717) is 23.7 Å². The van der Waals surface area contributed by atoms with Crippen LogP contribution in [0.25, 0.3) is 0 Å². The molecule has 0 bridgehead atoms. The summed E-state index contributed by atoms with van der Waals surface area (Å²) < 4.78 is 15.9. The third kappa shape index (κ3) is 5.15. The Morgan fingerprint density at radius 2 is 1.29 bits per heavy atom. The molecule has 0 aliphatic heterocycles. The van der Waals surface area contributed by atoms with Crippen molar-refractivity contribution in [2.24, 2.45) is 0 Å². The number of carbonyl (C=O) groups excluding carboxylic acids is 1. The zero-order valence-corrected chi connectivity index (χ0v) is 13.9. The van der Waals surface area contributed by atoms with Gasteiger partial charge in [0.05, 0.1) is 13.2 Å². The summed E-state index contributed by atoms with van der Waals surface area (Å²) in [5.74, 6) is -0.478. The van der Waals surface area contributed by atoms with Gasteiger partial charge in [0.2, 0.25) is 10.5 Å². The largest absolute Gasteiger partial charge is 0.525 e. The normalized spacial score (nSPS) is 10.7. The zero-order chi connectivity index (χ0) is 14.9. The van der Waals surface area contributed by atoms with Crippen LogP contribution in [0.4, 0.5) is 0 Å². The van der Waals surface area contributed by atoms with E-state index in [9.17, 15) is 4.79 Å². The monoisotopic (exact) mass is 302 g/mol. The van der Waals surface area contributed by atoms with Gasteiger partial charge >= 0.3 is 5.97 Å². The summed E-state index contributed by atoms with van der Waals surface area (Å²) in [4.78, 5) is 11.7. The van der Waals surface area contributed by atoms with Crippen molar-refractivity contribution in [3.05, 3.63) is 71.8 Å². The standard InChI is InChI=1S/C16H18O4Si/c17-15(20-21)16(18-11-13-7-3-1-4-8-13)19-12-14-9-5-2-6-10-14/h1-10,16H,11-12H2,21H3. The van der Waals surface area contributed by atoms with Gasteiger partial charge in [0.25, 0.3) is 6.29 Å². The van der Waals surface area contributed by atoms with Gasteiger partial charge in [0.15, 0.2) is 0 Å². The maximum atomic E-state index is 11.7. The number of benzene rings is 2. The second kappa shape index (κ2) is 8.36. The van der Waals surface area contributed by atoms with Crippen LogP contribution in [0.15, 0.2) is 60.7 Å². The van der Waals surface area contributed by atoms with E-state index in [0.717, 1.165) is 11.1 Å². The first-order chi connectivity index (χ1) is 10.3. The van der Waals surface area contributed by atoms with Crippen molar-refractivity contribution in [3.63, 3.8) is 0 Å². The van der Waals surface area contributed by atoms with Gasteiger partial charge in [-0.2, -0.15) is 0 Å². The summed E-state index contributed by atoms with van der Waals surface area (Å²) in [7, 11) is 0.316. The van der Waals surface area contributed by atoms with Crippen LogP contribution >= 0.6 is 0 Å². The predicted octanol–water partition coefficient (Wildman–Crippen LogP) is 1.57. The molecule has 0 fully saturated rings. The smallest absolute Gasteiger partial charge is 0.349 e. The maximum absolute atomic E-state index is 11.7. The fourth-order valence-electron chi connectivity index (χ4n) is 1.77. The topological polar surface area (TPSA) is 44.8 Å². The lowest BCUT2D eigenvalue weighted by molar-refractivity contribution is -0.192. The Balaban J connectivity index is 1.90. The van der Waals surface area contributed by atoms with E-state index in [4.69, 9.17) is 13.9 Å². The molecular weight excluding hydrogens is 284 g/mol. The summed E-state index contributed by atoms with van der Waals surface area (Å²) >= 11 is 0. The second-order valence-electron chi connectivity index (χ2n) is 4.45. The van der Waals surface area contributed by atoms with Crippen LogP contribution in [-0.2, 0) is 31.9 Å². The van der Waals surface area contributed by atoms with E-state index in [2.05, 4.69) is 0 Å². The van der Waals surface area contributed by atoms with Crippen molar-refractivity contribution in [1.29, 1.82) is 0 Å². The van der Waals surface area contributed by atoms with Crippen molar-refractivity contribution in [2.45, 2.75) is 19.5 Å². The molecule has 4 nitrogen and oxygen atoms in total. The number of hydrogen-bond acceptors (Lipinski definition) is 4. The predicted molar refractivity (Wildman–Crippen MR) is 82.3 cm³/mol. The molecule has 0 atom stereocenters. The Morgan fingerprint density at radius 1 is 0.857 bits per heavy atom. The quantitative estimate of drug-likeness (QED) is 0.575. The first-order valence-corrected chi connectivity index (χ1v) is 7.50. The molecule has 0 N–H and O–H groups in total.